The number of rotatable bonds is 4. The smallest absolute Gasteiger partial charge is 0.123 e. The third-order valence-corrected chi connectivity index (χ3v) is 2.81. The van der Waals surface area contributed by atoms with E-state index >= 15 is 0 Å². The quantitative estimate of drug-likeness (QED) is 0.866. The summed E-state index contributed by atoms with van der Waals surface area (Å²) in [6.45, 7) is 3.69. The van der Waals surface area contributed by atoms with E-state index in [1.807, 2.05) is 25.4 Å². The zero-order valence-corrected chi connectivity index (χ0v) is 11.3. The largest absolute Gasteiger partial charge is 0.405 e. The highest BCUT2D eigenvalue weighted by Gasteiger charge is 2.12. The molecule has 0 bridgehead atoms. The van der Waals surface area contributed by atoms with Crippen molar-refractivity contribution in [1.29, 1.82) is 0 Å². The Morgan fingerprint density at radius 2 is 2.25 bits per heavy atom. The zero-order chi connectivity index (χ0) is 14.5. The summed E-state index contributed by atoms with van der Waals surface area (Å²) in [4.78, 5) is 0. The highest BCUT2D eigenvalue weighted by atomic mass is 19.1. The van der Waals surface area contributed by atoms with E-state index < -0.39 is 0 Å². The minimum absolute atomic E-state index is 0.289. The van der Waals surface area contributed by atoms with Gasteiger partial charge in [0.2, 0.25) is 0 Å². The van der Waals surface area contributed by atoms with Crippen molar-refractivity contribution in [2.45, 2.75) is 0 Å². The molecule has 0 saturated heterocycles. The molecule has 102 valence electrons. The fourth-order valence-corrected chi connectivity index (χ4v) is 2.01. The topological polar surface area (TPSA) is 43.8 Å². The van der Waals surface area contributed by atoms with E-state index in [-0.39, 0.29) is 5.82 Å². The summed E-state index contributed by atoms with van der Waals surface area (Å²) in [5.41, 5.74) is 8.65. The predicted molar refractivity (Wildman–Crippen MR) is 80.1 cm³/mol. The second-order valence-corrected chi connectivity index (χ2v) is 4.29. The molecule has 0 aliphatic carbocycles. The SMILES string of the molecule is C=C/C=C(\C=C/N)c1cn(C)nc1-c1cccc(F)c1. The Morgan fingerprint density at radius 1 is 1.45 bits per heavy atom. The fraction of sp³-hybridized carbons (Fsp3) is 0.0625. The van der Waals surface area contributed by atoms with E-state index in [1.54, 1.807) is 22.9 Å². The predicted octanol–water partition coefficient (Wildman–Crippen LogP) is 3.27. The first-order chi connectivity index (χ1) is 9.65. The van der Waals surface area contributed by atoms with Crippen LogP contribution in [-0.2, 0) is 7.05 Å². The van der Waals surface area contributed by atoms with Crippen molar-refractivity contribution >= 4 is 5.57 Å². The molecule has 0 amide bonds. The molecule has 0 aliphatic heterocycles. The van der Waals surface area contributed by atoms with Gasteiger partial charge in [-0.2, -0.15) is 5.10 Å². The van der Waals surface area contributed by atoms with Crippen LogP contribution in [0.1, 0.15) is 5.56 Å². The van der Waals surface area contributed by atoms with Gasteiger partial charge in [0, 0.05) is 24.4 Å². The van der Waals surface area contributed by atoms with Crippen LogP contribution in [0.5, 0.6) is 0 Å². The third-order valence-electron chi connectivity index (χ3n) is 2.81. The summed E-state index contributed by atoms with van der Waals surface area (Å²) in [6, 6.07) is 6.36. The van der Waals surface area contributed by atoms with Gasteiger partial charge in [-0.25, -0.2) is 4.39 Å². The maximum Gasteiger partial charge on any atom is 0.123 e. The molecule has 2 rings (SSSR count). The molecule has 1 aromatic carbocycles. The van der Waals surface area contributed by atoms with Crippen LogP contribution in [0.3, 0.4) is 0 Å². The molecule has 0 fully saturated rings. The minimum Gasteiger partial charge on any atom is -0.405 e. The molecule has 2 aromatic rings. The Morgan fingerprint density at radius 3 is 2.90 bits per heavy atom. The average Bonchev–Trinajstić information content (AvgIpc) is 2.80. The lowest BCUT2D eigenvalue weighted by atomic mass is 10.0. The second-order valence-electron chi connectivity index (χ2n) is 4.29. The van der Waals surface area contributed by atoms with E-state index in [2.05, 4.69) is 11.7 Å². The van der Waals surface area contributed by atoms with Gasteiger partial charge in [0.1, 0.15) is 11.5 Å². The summed E-state index contributed by atoms with van der Waals surface area (Å²) in [5, 5.41) is 4.41. The first kappa shape index (κ1) is 13.8. The molecular weight excluding hydrogens is 253 g/mol. The van der Waals surface area contributed by atoms with Gasteiger partial charge < -0.3 is 5.73 Å². The van der Waals surface area contributed by atoms with Gasteiger partial charge in [0.05, 0.1) is 0 Å². The van der Waals surface area contributed by atoms with Crippen molar-refractivity contribution in [3.8, 4) is 11.3 Å². The Balaban J connectivity index is 2.61. The molecule has 0 atom stereocenters. The highest BCUT2D eigenvalue weighted by molar-refractivity contribution is 5.84. The number of hydrogen-bond donors (Lipinski definition) is 1. The Hall–Kier alpha value is -2.62. The van der Waals surface area contributed by atoms with E-state index in [0.29, 0.717) is 5.69 Å². The van der Waals surface area contributed by atoms with Crippen LogP contribution in [-0.4, -0.2) is 9.78 Å². The highest BCUT2D eigenvalue weighted by Crippen LogP contribution is 2.28. The molecule has 0 saturated carbocycles. The summed E-state index contributed by atoms with van der Waals surface area (Å²) in [7, 11) is 1.82. The number of halogens is 1. The first-order valence-electron chi connectivity index (χ1n) is 6.16. The summed E-state index contributed by atoms with van der Waals surface area (Å²) >= 11 is 0. The van der Waals surface area contributed by atoms with Gasteiger partial charge in [-0.1, -0.05) is 30.9 Å². The van der Waals surface area contributed by atoms with Crippen molar-refractivity contribution in [2.75, 3.05) is 0 Å². The zero-order valence-electron chi connectivity index (χ0n) is 11.3. The van der Waals surface area contributed by atoms with E-state index in [4.69, 9.17) is 5.73 Å². The molecule has 20 heavy (non-hydrogen) atoms. The number of nitrogens with two attached hydrogens (primary N) is 1. The molecule has 0 radical (unpaired) electrons. The average molecular weight is 269 g/mol. The van der Waals surface area contributed by atoms with E-state index in [9.17, 15) is 4.39 Å². The van der Waals surface area contributed by atoms with E-state index in [0.717, 1.165) is 16.7 Å². The number of hydrogen-bond acceptors (Lipinski definition) is 2. The normalized spacial score (nSPS) is 12.0. The van der Waals surface area contributed by atoms with Crippen LogP contribution < -0.4 is 5.73 Å². The number of aryl methyl sites for hydroxylation is 1. The van der Waals surface area contributed by atoms with Gasteiger partial charge in [0.25, 0.3) is 0 Å². The Labute approximate surface area is 117 Å². The van der Waals surface area contributed by atoms with Crippen molar-refractivity contribution in [1.82, 2.24) is 9.78 Å². The second kappa shape index (κ2) is 6.02. The molecule has 2 N–H and O–H groups in total. The third kappa shape index (κ3) is 2.85. The Kier molecular flexibility index (Phi) is 4.15. The first-order valence-corrected chi connectivity index (χ1v) is 6.16. The standard InChI is InChI=1S/C16H16FN3/c1-3-5-12(8-9-18)15-11-20(2)19-16(15)13-6-4-7-14(17)10-13/h3-11H,1,18H2,2H3/b9-8-,12-5+. The summed E-state index contributed by atoms with van der Waals surface area (Å²) in [6.07, 6.45) is 8.61. The van der Waals surface area contributed by atoms with Gasteiger partial charge in [-0.15, -0.1) is 0 Å². The number of allylic oxidation sites excluding steroid dienone is 4. The molecule has 0 aliphatic rings. The van der Waals surface area contributed by atoms with E-state index in [1.165, 1.54) is 18.3 Å². The van der Waals surface area contributed by atoms with Gasteiger partial charge in [0.15, 0.2) is 0 Å². The molecular formula is C16H16FN3. The van der Waals surface area contributed by atoms with Crippen molar-refractivity contribution in [2.24, 2.45) is 12.8 Å². The lowest BCUT2D eigenvalue weighted by Gasteiger charge is -2.03. The minimum atomic E-state index is -0.289. The number of benzene rings is 1. The van der Waals surface area contributed by atoms with Crippen molar-refractivity contribution in [3.05, 3.63) is 72.8 Å². The fourth-order valence-electron chi connectivity index (χ4n) is 2.01. The summed E-state index contributed by atoms with van der Waals surface area (Å²) in [5.74, 6) is -0.289. The molecule has 1 aromatic heterocycles. The molecule has 0 spiro atoms. The van der Waals surface area contributed by atoms with Gasteiger partial charge in [-0.05, 0) is 30.0 Å². The maximum atomic E-state index is 13.4. The van der Waals surface area contributed by atoms with Crippen LogP contribution in [0.4, 0.5) is 4.39 Å². The molecule has 3 nitrogen and oxygen atoms in total. The van der Waals surface area contributed by atoms with Crippen molar-refractivity contribution < 1.29 is 4.39 Å². The number of aromatic nitrogens is 2. The monoisotopic (exact) mass is 269 g/mol. The van der Waals surface area contributed by atoms with Crippen LogP contribution in [0.15, 0.2) is 61.5 Å². The maximum absolute atomic E-state index is 13.4. The summed E-state index contributed by atoms with van der Waals surface area (Å²) < 4.78 is 15.1. The van der Waals surface area contributed by atoms with Crippen LogP contribution >= 0.6 is 0 Å². The molecule has 4 heteroatoms. The molecule has 0 unspecified atom stereocenters. The van der Waals surface area contributed by atoms with Crippen LogP contribution in [0.2, 0.25) is 0 Å². The lowest BCUT2D eigenvalue weighted by Crippen LogP contribution is -1.89. The van der Waals surface area contributed by atoms with Gasteiger partial charge >= 0.3 is 0 Å². The van der Waals surface area contributed by atoms with Crippen LogP contribution in [0.25, 0.3) is 16.8 Å². The van der Waals surface area contributed by atoms with Gasteiger partial charge in [-0.3, -0.25) is 4.68 Å². The Bertz CT molecular complexity index is 681. The molecule has 1 heterocycles. The van der Waals surface area contributed by atoms with Crippen molar-refractivity contribution in [3.63, 3.8) is 0 Å². The lowest BCUT2D eigenvalue weighted by molar-refractivity contribution is 0.628. The number of nitrogens with zero attached hydrogens (tertiary/aromatic N) is 2. The van der Waals surface area contributed by atoms with Crippen LogP contribution in [0, 0.1) is 5.82 Å².